The monoisotopic (exact) mass is 212 g/mol. The van der Waals surface area contributed by atoms with E-state index in [1.807, 2.05) is 0 Å². The lowest BCUT2D eigenvalue weighted by molar-refractivity contribution is -0.132. The van der Waals surface area contributed by atoms with Gasteiger partial charge in [0.05, 0.1) is 11.1 Å². The van der Waals surface area contributed by atoms with Crippen molar-refractivity contribution < 1.29 is 23.4 Å². The minimum absolute atomic E-state index is 0.0255. The number of halogens is 2. The number of rotatable bonds is 1. The minimum atomic E-state index is -1.18. The minimum Gasteiger partial charge on any atom is -0.488 e. The van der Waals surface area contributed by atoms with Gasteiger partial charge in [0, 0.05) is 12.1 Å². The van der Waals surface area contributed by atoms with Crippen LogP contribution in [-0.2, 0) is 4.79 Å². The van der Waals surface area contributed by atoms with Gasteiger partial charge in [-0.05, 0) is 6.08 Å². The molecule has 0 amide bonds. The Balaban J connectivity index is 2.55. The number of hydrogen-bond acceptors (Lipinski definition) is 2. The molecular weight excluding hydrogens is 206 g/mol. The molecule has 1 aliphatic heterocycles. The van der Waals surface area contributed by atoms with Gasteiger partial charge in [-0.15, -0.1) is 0 Å². The summed E-state index contributed by atoms with van der Waals surface area (Å²) in [5, 5.41) is 8.66. The van der Waals surface area contributed by atoms with Crippen molar-refractivity contribution in [3.05, 3.63) is 34.9 Å². The van der Waals surface area contributed by atoms with Crippen molar-refractivity contribution in [3.63, 3.8) is 0 Å². The lowest BCUT2D eigenvalue weighted by Gasteiger charge is -2.16. The molecule has 1 aromatic carbocycles. The zero-order valence-electron chi connectivity index (χ0n) is 7.46. The Morgan fingerprint density at radius 2 is 2.13 bits per heavy atom. The first-order valence-corrected chi connectivity index (χ1v) is 4.13. The maximum Gasteiger partial charge on any atom is 0.335 e. The zero-order valence-corrected chi connectivity index (χ0v) is 7.46. The van der Waals surface area contributed by atoms with Gasteiger partial charge in [-0.25, -0.2) is 13.6 Å². The number of benzene rings is 1. The molecule has 0 aromatic heterocycles. The maximum atomic E-state index is 13.2. The molecule has 5 heteroatoms. The molecule has 0 bridgehead atoms. The highest BCUT2D eigenvalue weighted by Gasteiger charge is 2.20. The Hall–Kier alpha value is -1.91. The fraction of sp³-hybridized carbons (Fsp3) is 0.100. The zero-order chi connectivity index (χ0) is 11.0. The van der Waals surface area contributed by atoms with Crippen LogP contribution in [0, 0.1) is 11.6 Å². The van der Waals surface area contributed by atoms with E-state index in [9.17, 15) is 13.6 Å². The van der Waals surface area contributed by atoms with E-state index in [-0.39, 0.29) is 23.5 Å². The van der Waals surface area contributed by atoms with E-state index in [2.05, 4.69) is 0 Å². The number of carboxylic acid groups (broad SMARTS) is 1. The summed E-state index contributed by atoms with van der Waals surface area (Å²) < 4.78 is 30.9. The third-order valence-electron chi connectivity index (χ3n) is 2.03. The highest BCUT2D eigenvalue weighted by molar-refractivity contribution is 5.93. The largest absolute Gasteiger partial charge is 0.488 e. The molecule has 0 saturated heterocycles. The number of aliphatic carboxylic acids is 1. The van der Waals surface area contributed by atoms with E-state index in [1.165, 1.54) is 0 Å². The molecule has 1 N–H and O–H groups in total. The molecule has 0 aliphatic carbocycles. The number of hydrogen-bond donors (Lipinski definition) is 1. The second kappa shape index (κ2) is 3.34. The number of fused-ring (bicyclic) bond motifs is 1. The summed E-state index contributed by atoms with van der Waals surface area (Å²) in [6.07, 6.45) is 1.15. The van der Waals surface area contributed by atoms with Gasteiger partial charge in [0.25, 0.3) is 0 Å². The third-order valence-corrected chi connectivity index (χ3v) is 2.03. The highest BCUT2D eigenvalue weighted by Crippen LogP contribution is 2.29. The Morgan fingerprint density at radius 3 is 2.80 bits per heavy atom. The van der Waals surface area contributed by atoms with Gasteiger partial charge >= 0.3 is 5.97 Å². The van der Waals surface area contributed by atoms with Crippen LogP contribution < -0.4 is 4.74 Å². The summed E-state index contributed by atoms with van der Waals surface area (Å²) in [4.78, 5) is 10.6. The Kier molecular flexibility index (Phi) is 2.15. The quantitative estimate of drug-likeness (QED) is 0.772. The van der Waals surface area contributed by atoms with Crippen LogP contribution in [0.15, 0.2) is 17.7 Å². The first-order chi connectivity index (χ1) is 7.08. The summed E-state index contributed by atoms with van der Waals surface area (Å²) in [7, 11) is 0. The second-order valence-electron chi connectivity index (χ2n) is 3.06. The molecule has 1 heterocycles. The van der Waals surface area contributed by atoms with Crippen LogP contribution in [0.3, 0.4) is 0 Å². The summed E-state index contributed by atoms with van der Waals surface area (Å²) in [6.45, 7) is -0.189. The molecule has 0 spiro atoms. The second-order valence-corrected chi connectivity index (χ2v) is 3.06. The molecule has 1 aromatic rings. The van der Waals surface area contributed by atoms with E-state index >= 15 is 0 Å². The van der Waals surface area contributed by atoms with Gasteiger partial charge in [0.15, 0.2) is 0 Å². The molecule has 0 atom stereocenters. The molecule has 2 rings (SSSR count). The van der Waals surface area contributed by atoms with Crippen molar-refractivity contribution in [1.82, 2.24) is 0 Å². The van der Waals surface area contributed by atoms with Crippen LogP contribution in [0.25, 0.3) is 6.08 Å². The summed E-state index contributed by atoms with van der Waals surface area (Å²) in [6, 6.07) is 1.71. The van der Waals surface area contributed by atoms with Gasteiger partial charge in [0.1, 0.15) is 24.0 Å². The predicted molar refractivity (Wildman–Crippen MR) is 47.5 cm³/mol. The van der Waals surface area contributed by atoms with Crippen molar-refractivity contribution in [1.29, 1.82) is 0 Å². The van der Waals surface area contributed by atoms with Crippen molar-refractivity contribution in [2.45, 2.75) is 0 Å². The van der Waals surface area contributed by atoms with Crippen LogP contribution in [0.1, 0.15) is 5.56 Å². The van der Waals surface area contributed by atoms with E-state index < -0.39 is 17.6 Å². The van der Waals surface area contributed by atoms with Crippen LogP contribution >= 0.6 is 0 Å². The first-order valence-electron chi connectivity index (χ1n) is 4.13. The molecule has 0 unspecified atom stereocenters. The maximum absolute atomic E-state index is 13.2. The van der Waals surface area contributed by atoms with Crippen LogP contribution in [-0.4, -0.2) is 17.7 Å². The fourth-order valence-corrected chi connectivity index (χ4v) is 1.32. The molecule has 3 nitrogen and oxygen atoms in total. The van der Waals surface area contributed by atoms with Gasteiger partial charge in [-0.2, -0.15) is 0 Å². The van der Waals surface area contributed by atoms with Crippen molar-refractivity contribution in [2.75, 3.05) is 6.61 Å². The van der Waals surface area contributed by atoms with E-state index in [1.54, 1.807) is 0 Å². The molecule has 1 aliphatic rings. The van der Waals surface area contributed by atoms with Gasteiger partial charge in [-0.3, -0.25) is 0 Å². The lowest BCUT2D eigenvalue weighted by atomic mass is 10.1. The molecule has 0 fully saturated rings. The fourth-order valence-electron chi connectivity index (χ4n) is 1.32. The highest BCUT2D eigenvalue weighted by atomic mass is 19.1. The number of carbonyl (C=O) groups is 1. The Labute approximate surface area is 83.6 Å². The summed E-state index contributed by atoms with van der Waals surface area (Å²) in [5.41, 5.74) is -0.0898. The first kappa shape index (κ1) is 9.64. The van der Waals surface area contributed by atoms with E-state index in [4.69, 9.17) is 9.84 Å². The average molecular weight is 212 g/mol. The van der Waals surface area contributed by atoms with Crippen LogP contribution in [0.2, 0.25) is 0 Å². The Bertz CT molecular complexity index is 466. The summed E-state index contributed by atoms with van der Waals surface area (Å²) in [5.74, 6) is -2.73. The molecule has 0 saturated carbocycles. The van der Waals surface area contributed by atoms with Crippen molar-refractivity contribution in [2.24, 2.45) is 0 Å². The van der Waals surface area contributed by atoms with Gasteiger partial charge < -0.3 is 9.84 Å². The molecule has 0 radical (unpaired) electrons. The average Bonchev–Trinajstić information content (AvgIpc) is 2.16. The van der Waals surface area contributed by atoms with Gasteiger partial charge in [-0.1, -0.05) is 0 Å². The molecule has 15 heavy (non-hydrogen) atoms. The van der Waals surface area contributed by atoms with E-state index in [0.717, 1.165) is 12.1 Å². The van der Waals surface area contributed by atoms with Crippen LogP contribution in [0.5, 0.6) is 5.75 Å². The Morgan fingerprint density at radius 1 is 1.40 bits per heavy atom. The van der Waals surface area contributed by atoms with Crippen LogP contribution in [0.4, 0.5) is 8.78 Å². The predicted octanol–water partition coefficient (Wildman–Crippen LogP) is 1.83. The smallest absolute Gasteiger partial charge is 0.335 e. The van der Waals surface area contributed by atoms with Crippen molar-refractivity contribution in [3.8, 4) is 5.75 Å². The van der Waals surface area contributed by atoms with Gasteiger partial charge in [0.2, 0.25) is 0 Å². The third kappa shape index (κ3) is 1.68. The molecule has 78 valence electrons. The number of carboxylic acids is 1. The van der Waals surface area contributed by atoms with E-state index in [0.29, 0.717) is 6.07 Å². The van der Waals surface area contributed by atoms with Crippen molar-refractivity contribution >= 4 is 12.0 Å². The molecular formula is C10H6F2O3. The normalized spacial score (nSPS) is 13.9. The lowest BCUT2D eigenvalue weighted by Crippen LogP contribution is -2.15. The topological polar surface area (TPSA) is 46.5 Å². The number of ether oxygens (including phenoxy) is 1. The summed E-state index contributed by atoms with van der Waals surface area (Å²) >= 11 is 0. The SMILES string of the molecule is O=C(O)C1=Cc2c(F)cc(F)cc2OC1. The standard InChI is InChI=1S/C10H6F2O3/c11-6-2-8(12)7-1-5(10(13)14)4-15-9(7)3-6/h1-3H,4H2,(H,13,14).